The Bertz CT molecular complexity index is 222. The number of ether oxygens (including phenoxy) is 1. The van der Waals surface area contributed by atoms with Gasteiger partial charge in [0.2, 0.25) is 0 Å². The molecule has 0 bridgehead atoms. The largest absolute Gasteiger partial charge is 0.462 e. The highest BCUT2D eigenvalue weighted by molar-refractivity contribution is 5.87. The summed E-state index contributed by atoms with van der Waals surface area (Å²) in [6.07, 6.45) is 7.65. The first kappa shape index (κ1) is 15.0. The fraction of sp³-hybridized carbons (Fsp3) is 0.769. The van der Waals surface area contributed by atoms with Crippen molar-refractivity contribution in [3.05, 3.63) is 11.8 Å². The van der Waals surface area contributed by atoms with Crippen LogP contribution < -0.4 is 0 Å². The van der Waals surface area contributed by atoms with Crippen LogP contribution in [0.3, 0.4) is 0 Å². The van der Waals surface area contributed by atoms with Gasteiger partial charge in [0, 0.05) is 25.9 Å². The summed E-state index contributed by atoms with van der Waals surface area (Å²) < 4.78 is 5.15. The van der Waals surface area contributed by atoms with Crippen LogP contribution in [-0.2, 0) is 9.53 Å². The molecule has 0 fully saturated rings. The molecule has 16 heavy (non-hydrogen) atoms. The fourth-order valence-corrected chi connectivity index (χ4v) is 1.42. The number of unbranched alkanes of at least 4 members (excludes halogenated alkanes) is 4. The normalized spacial score (nSPS) is 11.4. The van der Waals surface area contributed by atoms with Crippen LogP contribution in [0.4, 0.5) is 0 Å². The van der Waals surface area contributed by atoms with Crippen molar-refractivity contribution in [3.8, 4) is 0 Å². The van der Waals surface area contributed by atoms with Crippen molar-refractivity contribution in [3.63, 3.8) is 0 Å². The molecule has 0 N–H and O–H groups in total. The van der Waals surface area contributed by atoms with E-state index >= 15 is 0 Å². The van der Waals surface area contributed by atoms with E-state index in [4.69, 9.17) is 4.74 Å². The molecule has 3 nitrogen and oxygen atoms in total. The lowest BCUT2D eigenvalue weighted by molar-refractivity contribution is -0.139. The monoisotopic (exact) mass is 227 g/mol. The number of rotatable bonds is 8. The van der Waals surface area contributed by atoms with E-state index in [0.717, 1.165) is 12.8 Å². The van der Waals surface area contributed by atoms with Crippen molar-refractivity contribution in [1.29, 1.82) is 0 Å². The summed E-state index contributed by atoms with van der Waals surface area (Å²) in [5.41, 5.74) is 0.651. The number of carbonyl (C=O) groups excluding carboxylic acids is 1. The SMILES string of the molecule is CCCCCCCOC(=O)C(C)=CN(C)C. The highest BCUT2D eigenvalue weighted by atomic mass is 16.5. The molecule has 0 radical (unpaired) electrons. The van der Waals surface area contributed by atoms with Crippen molar-refractivity contribution in [2.24, 2.45) is 0 Å². The van der Waals surface area contributed by atoms with Gasteiger partial charge in [0.1, 0.15) is 0 Å². The van der Waals surface area contributed by atoms with E-state index in [-0.39, 0.29) is 5.97 Å². The maximum absolute atomic E-state index is 11.5. The molecule has 94 valence electrons. The number of esters is 1. The first-order valence-electron chi connectivity index (χ1n) is 6.10. The lowest BCUT2D eigenvalue weighted by atomic mass is 10.2. The summed E-state index contributed by atoms with van der Waals surface area (Å²) in [6.45, 7) is 4.51. The maximum atomic E-state index is 11.5. The predicted molar refractivity (Wildman–Crippen MR) is 67.2 cm³/mol. The van der Waals surface area contributed by atoms with Gasteiger partial charge in [-0.3, -0.25) is 0 Å². The molecule has 0 heterocycles. The van der Waals surface area contributed by atoms with Crippen LogP contribution in [0.2, 0.25) is 0 Å². The smallest absolute Gasteiger partial charge is 0.335 e. The minimum absolute atomic E-state index is 0.204. The zero-order valence-corrected chi connectivity index (χ0v) is 11.1. The van der Waals surface area contributed by atoms with E-state index < -0.39 is 0 Å². The summed E-state index contributed by atoms with van der Waals surface area (Å²) in [5.74, 6) is -0.204. The van der Waals surface area contributed by atoms with Crippen LogP contribution >= 0.6 is 0 Å². The quantitative estimate of drug-likeness (QED) is 0.363. The topological polar surface area (TPSA) is 29.5 Å². The second-order valence-corrected chi connectivity index (χ2v) is 4.33. The Morgan fingerprint density at radius 3 is 2.38 bits per heavy atom. The summed E-state index contributed by atoms with van der Waals surface area (Å²) in [7, 11) is 3.78. The van der Waals surface area contributed by atoms with Gasteiger partial charge in [0.05, 0.1) is 6.61 Å². The van der Waals surface area contributed by atoms with Crippen molar-refractivity contribution in [1.82, 2.24) is 4.90 Å². The standard InChI is InChI=1S/C13H25NO2/c1-5-6-7-8-9-10-16-13(15)12(2)11-14(3)4/h11H,5-10H2,1-4H3. The van der Waals surface area contributed by atoms with Crippen LogP contribution in [-0.4, -0.2) is 31.6 Å². The van der Waals surface area contributed by atoms with E-state index in [9.17, 15) is 4.79 Å². The molecule has 0 aliphatic heterocycles. The Balaban J connectivity index is 3.58. The third-order valence-corrected chi connectivity index (χ3v) is 2.25. The molecule has 0 saturated heterocycles. The van der Waals surface area contributed by atoms with E-state index in [1.54, 1.807) is 13.1 Å². The Kier molecular flexibility index (Phi) is 8.68. The molecule has 0 saturated carbocycles. The van der Waals surface area contributed by atoms with E-state index in [0.29, 0.717) is 12.2 Å². The summed E-state index contributed by atoms with van der Waals surface area (Å²) >= 11 is 0. The molecule has 0 rings (SSSR count). The van der Waals surface area contributed by atoms with Gasteiger partial charge >= 0.3 is 5.97 Å². The van der Waals surface area contributed by atoms with Crippen LogP contribution in [0.5, 0.6) is 0 Å². The third-order valence-electron chi connectivity index (χ3n) is 2.25. The van der Waals surface area contributed by atoms with E-state index in [2.05, 4.69) is 6.92 Å². The fourth-order valence-electron chi connectivity index (χ4n) is 1.42. The Morgan fingerprint density at radius 2 is 1.81 bits per heavy atom. The minimum atomic E-state index is -0.204. The van der Waals surface area contributed by atoms with E-state index in [1.165, 1.54) is 19.3 Å². The van der Waals surface area contributed by atoms with Crippen molar-refractivity contribution < 1.29 is 9.53 Å². The Labute approximate surface area is 99.5 Å². The van der Waals surface area contributed by atoms with Gasteiger partial charge in [-0.05, 0) is 13.3 Å². The molecule has 0 unspecified atom stereocenters. The van der Waals surface area contributed by atoms with Crippen molar-refractivity contribution in [2.75, 3.05) is 20.7 Å². The lowest BCUT2D eigenvalue weighted by Crippen LogP contribution is -2.11. The first-order chi connectivity index (χ1) is 7.57. The van der Waals surface area contributed by atoms with Gasteiger partial charge in [0.25, 0.3) is 0 Å². The molecule has 0 aromatic heterocycles. The van der Waals surface area contributed by atoms with Gasteiger partial charge in [-0.1, -0.05) is 32.6 Å². The Hall–Kier alpha value is -0.990. The van der Waals surface area contributed by atoms with Crippen LogP contribution in [0.1, 0.15) is 46.0 Å². The molecule has 0 amide bonds. The van der Waals surface area contributed by atoms with Gasteiger partial charge in [-0.15, -0.1) is 0 Å². The lowest BCUT2D eigenvalue weighted by Gasteiger charge is -2.08. The number of hydrogen-bond acceptors (Lipinski definition) is 3. The minimum Gasteiger partial charge on any atom is -0.462 e. The maximum Gasteiger partial charge on any atom is 0.335 e. The van der Waals surface area contributed by atoms with Gasteiger partial charge in [-0.2, -0.15) is 0 Å². The Morgan fingerprint density at radius 1 is 1.19 bits per heavy atom. The summed E-state index contributed by atoms with van der Waals surface area (Å²) in [6, 6.07) is 0. The van der Waals surface area contributed by atoms with Gasteiger partial charge in [0.15, 0.2) is 0 Å². The van der Waals surface area contributed by atoms with E-state index in [1.807, 2.05) is 19.0 Å². The molecular formula is C13H25NO2. The molecule has 0 aliphatic rings. The molecular weight excluding hydrogens is 202 g/mol. The highest BCUT2D eigenvalue weighted by Crippen LogP contribution is 2.04. The van der Waals surface area contributed by atoms with Gasteiger partial charge < -0.3 is 9.64 Å². The second kappa shape index (κ2) is 9.25. The summed E-state index contributed by atoms with van der Waals surface area (Å²) in [5, 5.41) is 0. The zero-order chi connectivity index (χ0) is 12.4. The molecule has 0 aliphatic carbocycles. The highest BCUT2D eigenvalue weighted by Gasteiger charge is 2.05. The van der Waals surface area contributed by atoms with Crippen molar-refractivity contribution >= 4 is 5.97 Å². The van der Waals surface area contributed by atoms with Crippen LogP contribution in [0.15, 0.2) is 11.8 Å². The first-order valence-corrected chi connectivity index (χ1v) is 6.10. The zero-order valence-electron chi connectivity index (χ0n) is 11.1. The van der Waals surface area contributed by atoms with Crippen molar-refractivity contribution in [2.45, 2.75) is 46.0 Å². The molecule has 0 aromatic rings. The molecule has 3 heteroatoms. The number of carbonyl (C=O) groups is 1. The average molecular weight is 227 g/mol. The predicted octanol–water partition coefficient (Wildman–Crippen LogP) is 2.97. The van der Waals surface area contributed by atoms with Gasteiger partial charge in [-0.25, -0.2) is 4.79 Å². The second-order valence-electron chi connectivity index (χ2n) is 4.33. The molecule has 0 atom stereocenters. The van der Waals surface area contributed by atoms with Crippen LogP contribution in [0, 0.1) is 0 Å². The summed E-state index contributed by atoms with van der Waals surface area (Å²) in [4.78, 5) is 13.3. The van der Waals surface area contributed by atoms with Crippen LogP contribution in [0.25, 0.3) is 0 Å². The molecule has 0 aromatic carbocycles. The number of nitrogens with zero attached hydrogens (tertiary/aromatic N) is 1. The molecule has 0 spiro atoms. The third kappa shape index (κ3) is 8.33. The average Bonchev–Trinajstić information content (AvgIpc) is 2.21. The number of hydrogen-bond donors (Lipinski definition) is 0.